The van der Waals surface area contributed by atoms with E-state index in [9.17, 15) is 0 Å². The highest BCUT2D eigenvalue weighted by atomic mass is 28.3. The predicted molar refractivity (Wildman–Crippen MR) is 58.7 cm³/mol. The largest absolute Gasteiger partial charge is 0.328 e. The van der Waals surface area contributed by atoms with Gasteiger partial charge in [-0.3, -0.25) is 0 Å². The molecule has 0 rings (SSSR count). The molecule has 0 amide bonds. The van der Waals surface area contributed by atoms with Gasteiger partial charge in [0.2, 0.25) is 8.40 Å². The molecule has 12 heavy (non-hydrogen) atoms. The molecule has 0 aliphatic heterocycles. The third-order valence-electron chi connectivity index (χ3n) is 2.84. The Hall–Kier alpha value is 0.137. The van der Waals surface area contributed by atoms with Crippen molar-refractivity contribution in [1.29, 1.82) is 0 Å². The van der Waals surface area contributed by atoms with Crippen LogP contribution in [0.5, 0.6) is 0 Å². The number of hydrogen-bond donors (Lipinski definition) is 2. The molecule has 3 heteroatoms. The van der Waals surface area contributed by atoms with Crippen molar-refractivity contribution in [3.63, 3.8) is 0 Å². The zero-order chi connectivity index (χ0) is 9.99. The molecule has 0 spiro atoms. The average molecular weight is 188 g/mol. The molecule has 0 unspecified atom stereocenters. The van der Waals surface area contributed by atoms with E-state index in [4.69, 9.17) is 0 Å². The second-order valence-electron chi connectivity index (χ2n) is 4.71. The van der Waals surface area contributed by atoms with Gasteiger partial charge in [-0.25, -0.2) is 0 Å². The van der Waals surface area contributed by atoms with Gasteiger partial charge in [0.25, 0.3) is 0 Å². The molecule has 0 aliphatic carbocycles. The molecule has 0 radical (unpaired) electrons. The summed E-state index contributed by atoms with van der Waals surface area (Å²) in [5.74, 6) is 0. The van der Waals surface area contributed by atoms with E-state index in [1.807, 2.05) is 0 Å². The third kappa shape index (κ3) is 1.89. The summed E-state index contributed by atoms with van der Waals surface area (Å²) in [5, 5.41) is 0.352. The minimum Gasteiger partial charge on any atom is -0.328 e. The Morgan fingerprint density at radius 2 is 1.33 bits per heavy atom. The SMILES string of the molecule is CN[Si](NC)(C(C)C)C(C)(C)C. The lowest BCUT2D eigenvalue weighted by Crippen LogP contribution is -2.67. The van der Waals surface area contributed by atoms with E-state index in [0.29, 0.717) is 10.6 Å². The fourth-order valence-corrected chi connectivity index (χ4v) is 6.96. The summed E-state index contributed by atoms with van der Waals surface area (Å²) in [6, 6.07) is 0. The standard InChI is InChI=1S/C9H24N2Si/c1-8(2)12(10-6,11-7)9(3,4)5/h8,10-11H,1-7H3. The van der Waals surface area contributed by atoms with E-state index >= 15 is 0 Å². The summed E-state index contributed by atoms with van der Waals surface area (Å²) < 4.78 is 0. The molecule has 0 aliphatic rings. The van der Waals surface area contributed by atoms with Crippen molar-refractivity contribution in [3.05, 3.63) is 0 Å². The maximum atomic E-state index is 3.53. The first-order valence-electron chi connectivity index (χ1n) is 4.69. The first-order valence-corrected chi connectivity index (χ1v) is 6.77. The fourth-order valence-electron chi connectivity index (χ4n) is 2.32. The van der Waals surface area contributed by atoms with Gasteiger partial charge in [-0.2, -0.15) is 0 Å². The van der Waals surface area contributed by atoms with Crippen LogP contribution in [0.1, 0.15) is 34.6 Å². The zero-order valence-electron chi connectivity index (χ0n) is 9.58. The van der Waals surface area contributed by atoms with Gasteiger partial charge in [0.1, 0.15) is 0 Å². The van der Waals surface area contributed by atoms with Crippen LogP contribution in [0, 0.1) is 0 Å². The molecule has 0 fully saturated rings. The number of hydrogen-bond acceptors (Lipinski definition) is 2. The van der Waals surface area contributed by atoms with E-state index in [1.54, 1.807) is 0 Å². The molecule has 2 nitrogen and oxygen atoms in total. The van der Waals surface area contributed by atoms with Crippen LogP contribution in [-0.2, 0) is 0 Å². The Kier molecular flexibility index (Phi) is 3.94. The van der Waals surface area contributed by atoms with Crippen molar-refractivity contribution >= 4 is 8.40 Å². The van der Waals surface area contributed by atoms with Crippen molar-refractivity contribution in [2.24, 2.45) is 0 Å². The molecule has 0 heterocycles. The Morgan fingerprint density at radius 1 is 1.00 bits per heavy atom. The second kappa shape index (κ2) is 3.90. The highest BCUT2D eigenvalue weighted by Gasteiger charge is 2.45. The van der Waals surface area contributed by atoms with Gasteiger partial charge >= 0.3 is 0 Å². The van der Waals surface area contributed by atoms with Crippen LogP contribution in [0.15, 0.2) is 0 Å². The quantitative estimate of drug-likeness (QED) is 0.663. The van der Waals surface area contributed by atoms with E-state index < -0.39 is 8.40 Å². The van der Waals surface area contributed by atoms with Crippen molar-refractivity contribution in [2.45, 2.75) is 45.2 Å². The van der Waals surface area contributed by atoms with E-state index in [2.05, 4.69) is 58.7 Å². The van der Waals surface area contributed by atoms with Crippen LogP contribution in [0.2, 0.25) is 10.6 Å². The lowest BCUT2D eigenvalue weighted by Gasteiger charge is -2.45. The molecule has 0 bridgehead atoms. The summed E-state index contributed by atoms with van der Waals surface area (Å²) in [6.45, 7) is 11.5. The van der Waals surface area contributed by atoms with Crippen molar-refractivity contribution in [1.82, 2.24) is 9.96 Å². The van der Waals surface area contributed by atoms with Crippen molar-refractivity contribution in [3.8, 4) is 0 Å². The average Bonchev–Trinajstić information content (AvgIpc) is 1.87. The summed E-state index contributed by atoms with van der Waals surface area (Å²) >= 11 is 0. The van der Waals surface area contributed by atoms with Crippen LogP contribution in [0.4, 0.5) is 0 Å². The van der Waals surface area contributed by atoms with Gasteiger partial charge < -0.3 is 9.96 Å². The third-order valence-corrected chi connectivity index (χ3v) is 8.51. The van der Waals surface area contributed by atoms with Crippen molar-refractivity contribution in [2.75, 3.05) is 14.1 Å². The number of nitrogens with one attached hydrogen (secondary N) is 2. The smallest absolute Gasteiger partial charge is 0.209 e. The Morgan fingerprint density at radius 3 is 1.33 bits per heavy atom. The van der Waals surface area contributed by atoms with Crippen LogP contribution in [-0.4, -0.2) is 22.5 Å². The maximum Gasteiger partial charge on any atom is 0.209 e. The molecule has 0 aromatic heterocycles. The highest BCUT2D eigenvalue weighted by molar-refractivity contribution is 6.79. The Bertz CT molecular complexity index is 134. The molecule has 0 atom stereocenters. The summed E-state index contributed by atoms with van der Waals surface area (Å²) in [4.78, 5) is 7.06. The van der Waals surface area contributed by atoms with Gasteiger partial charge in [-0.1, -0.05) is 34.6 Å². The molecule has 0 saturated heterocycles. The molecule has 0 aromatic rings. The molecule has 74 valence electrons. The number of rotatable bonds is 3. The summed E-state index contributed by atoms with van der Waals surface area (Å²) in [6.07, 6.45) is 0. The minimum absolute atomic E-state index is 0.352. The Labute approximate surface area is 78.3 Å². The van der Waals surface area contributed by atoms with E-state index in [-0.39, 0.29) is 0 Å². The summed E-state index contributed by atoms with van der Waals surface area (Å²) in [5.41, 5.74) is 0.701. The van der Waals surface area contributed by atoms with Gasteiger partial charge in [0, 0.05) is 0 Å². The van der Waals surface area contributed by atoms with Crippen LogP contribution in [0.3, 0.4) is 0 Å². The van der Waals surface area contributed by atoms with Crippen molar-refractivity contribution < 1.29 is 0 Å². The Balaban J connectivity index is 4.83. The lowest BCUT2D eigenvalue weighted by atomic mass is 10.2. The highest BCUT2D eigenvalue weighted by Crippen LogP contribution is 2.38. The first-order chi connectivity index (χ1) is 5.31. The molecule has 0 aromatic carbocycles. The van der Waals surface area contributed by atoms with Crippen LogP contribution < -0.4 is 9.96 Å². The monoisotopic (exact) mass is 188 g/mol. The van der Waals surface area contributed by atoms with E-state index in [1.165, 1.54) is 0 Å². The molecule has 0 saturated carbocycles. The van der Waals surface area contributed by atoms with Crippen LogP contribution in [0.25, 0.3) is 0 Å². The minimum atomic E-state index is -1.52. The molecular weight excluding hydrogens is 164 g/mol. The zero-order valence-corrected chi connectivity index (χ0v) is 10.6. The maximum absolute atomic E-state index is 3.53. The van der Waals surface area contributed by atoms with Gasteiger partial charge in [0.05, 0.1) is 0 Å². The fraction of sp³-hybridized carbons (Fsp3) is 1.00. The van der Waals surface area contributed by atoms with Gasteiger partial charge in [0.15, 0.2) is 0 Å². The first kappa shape index (κ1) is 12.1. The van der Waals surface area contributed by atoms with Crippen LogP contribution >= 0.6 is 0 Å². The van der Waals surface area contributed by atoms with Gasteiger partial charge in [-0.15, -0.1) is 0 Å². The predicted octanol–water partition coefficient (Wildman–Crippen LogP) is 2.08. The molecule has 2 N–H and O–H groups in total. The van der Waals surface area contributed by atoms with E-state index in [0.717, 1.165) is 0 Å². The molecular formula is C9H24N2Si. The lowest BCUT2D eigenvalue weighted by molar-refractivity contribution is 0.638. The topological polar surface area (TPSA) is 24.1 Å². The second-order valence-corrected chi connectivity index (χ2v) is 9.98. The summed E-state index contributed by atoms with van der Waals surface area (Å²) in [7, 11) is 2.63. The van der Waals surface area contributed by atoms with Gasteiger partial charge in [-0.05, 0) is 24.7 Å². The normalized spacial score (nSPS) is 14.0.